The Balaban J connectivity index is 1.92. The van der Waals surface area contributed by atoms with Crippen LogP contribution >= 0.6 is 0 Å². The van der Waals surface area contributed by atoms with Gasteiger partial charge in [0.05, 0.1) is 17.1 Å². The van der Waals surface area contributed by atoms with E-state index < -0.39 is 0 Å². The second-order valence-corrected chi connectivity index (χ2v) is 7.76. The van der Waals surface area contributed by atoms with Gasteiger partial charge in [-0.3, -0.25) is 9.59 Å². The number of aromatic nitrogens is 2. The van der Waals surface area contributed by atoms with Gasteiger partial charge in [0.2, 0.25) is 11.8 Å². The van der Waals surface area contributed by atoms with Gasteiger partial charge in [-0.25, -0.2) is 4.98 Å². The van der Waals surface area contributed by atoms with Crippen LogP contribution < -0.4 is 10.2 Å². The molecule has 31 heavy (non-hydrogen) atoms. The van der Waals surface area contributed by atoms with Crippen molar-refractivity contribution in [1.29, 1.82) is 0 Å². The molecule has 1 atom stereocenters. The molecule has 1 N–H and O–H groups in total. The summed E-state index contributed by atoms with van der Waals surface area (Å²) in [5.74, 6) is 0.687. The average Bonchev–Trinajstić information content (AvgIpc) is 3.14. The van der Waals surface area contributed by atoms with Gasteiger partial charge in [0.1, 0.15) is 12.4 Å². The number of likely N-dealkylation sites (N-methyl/N-ethyl adjacent to an activating group) is 1. The molecule has 0 aliphatic heterocycles. The van der Waals surface area contributed by atoms with Crippen LogP contribution in [0, 0.1) is 5.92 Å². The van der Waals surface area contributed by atoms with E-state index >= 15 is 0 Å². The van der Waals surface area contributed by atoms with E-state index in [0.29, 0.717) is 12.4 Å². The van der Waals surface area contributed by atoms with E-state index in [1.165, 1.54) is 0 Å². The van der Waals surface area contributed by atoms with Gasteiger partial charge in [-0.1, -0.05) is 44.2 Å². The van der Waals surface area contributed by atoms with Crippen LogP contribution in [0.3, 0.4) is 0 Å². The summed E-state index contributed by atoms with van der Waals surface area (Å²) < 4.78 is 1.93. The number of carbonyl (C=O) groups excluding carboxylic acids is 2. The van der Waals surface area contributed by atoms with Crippen molar-refractivity contribution in [3.05, 3.63) is 60.4 Å². The molecule has 0 saturated carbocycles. The molecule has 1 aromatic heterocycles. The summed E-state index contributed by atoms with van der Waals surface area (Å²) in [5.41, 5.74) is 2.58. The molecule has 164 valence electrons. The molecule has 0 aliphatic rings. The minimum Gasteiger partial charge on any atom is -0.346 e. The van der Waals surface area contributed by atoms with Crippen LogP contribution in [0.1, 0.15) is 52.4 Å². The van der Waals surface area contributed by atoms with Crippen LogP contribution in [0.5, 0.6) is 0 Å². The number of amides is 2. The van der Waals surface area contributed by atoms with E-state index in [4.69, 9.17) is 4.98 Å². The van der Waals surface area contributed by atoms with E-state index in [0.717, 1.165) is 29.6 Å². The van der Waals surface area contributed by atoms with Crippen molar-refractivity contribution in [2.75, 3.05) is 11.4 Å². The molecule has 0 spiro atoms. The number of rotatable bonds is 9. The Morgan fingerprint density at radius 3 is 2.29 bits per heavy atom. The second kappa shape index (κ2) is 10.2. The summed E-state index contributed by atoms with van der Waals surface area (Å²) in [6.07, 6.45) is 1.60. The third-order valence-electron chi connectivity index (χ3n) is 5.77. The van der Waals surface area contributed by atoms with Gasteiger partial charge in [0, 0.05) is 18.2 Å². The Kier molecular flexibility index (Phi) is 7.45. The van der Waals surface area contributed by atoms with Crippen molar-refractivity contribution < 1.29 is 9.59 Å². The maximum absolute atomic E-state index is 13.3. The lowest BCUT2D eigenvalue weighted by Crippen LogP contribution is -2.36. The molecule has 1 unspecified atom stereocenters. The minimum absolute atomic E-state index is 0.0170. The standard InChI is InChI=1S/C25H32N4O2/c1-5-19(6-2)25(31)26-18(4)24-27-21-15-11-12-16-22(21)29(24)17-23(30)28(7-3)20-13-9-8-10-14-20/h8-16,18-19H,5-7,17H2,1-4H3,(H,26,31). The van der Waals surface area contributed by atoms with E-state index in [9.17, 15) is 9.59 Å². The highest BCUT2D eigenvalue weighted by molar-refractivity contribution is 5.94. The largest absolute Gasteiger partial charge is 0.346 e. The lowest BCUT2D eigenvalue weighted by atomic mass is 10.0. The molecule has 1 heterocycles. The summed E-state index contributed by atoms with van der Waals surface area (Å²) in [5, 5.41) is 3.10. The molecule has 0 fully saturated rings. The Morgan fingerprint density at radius 2 is 1.65 bits per heavy atom. The van der Waals surface area contributed by atoms with Crippen molar-refractivity contribution in [2.24, 2.45) is 5.92 Å². The van der Waals surface area contributed by atoms with Crippen LogP contribution in [0.4, 0.5) is 5.69 Å². The Morgan fingerprint density at radius 1 is 1.00 bits per heavy atom. The van der Waals surface area contributed by atoms with Gasteiger partial charge in [0.25, 0.3) is 0 Å². The Bertz CT molecular complexity index is 1020. The predicted octanol–water partition coefficient (Wildman–Crippen LogP) is 4.70. The molecule has 0 radical (unpaired) electrons. The maximum atomic E-state index is 13.3. The van der Waals surface area contributed by atoms with Crippen molar-refractivity contribution in [3.8, 4) is 0 Å². The molecular weight excluding hydrogens is 388 g/mol. The third-order valence-corrected chi connectivity index (χ3v) is 5.77. The van der Waals surface area contributed by atoms with Crippen molar-refractivity contribution in [3.63, 3.8) is 0 Å². The summed E-state index contributed by atoms with van der Waals surface area (Å²) in [4.78, 5) is 32.5. The lowest BCUT2D eigenvalue weighted by Gasteiger charge is -2.23. The zero-order valence-corrected chi connectivity index (χ0v) is 18.8. The number of fused-ring (bicyclic) bond motifs is 1. The van der Waals surface area contributed by atoms with Gasteiger partial charge in [-0.05, 0) is 51.0 Å². The fourth-order valence-electron chi connectivity index (χ4n) is 3.98. The first-order valence-corrected chi connectivity index (χ1v) is 11.1. The number of para-hydroxylation sites is 3. The number of benzene rings is 2. The number of hydrogen-bond acceptors (Lipinski definition) is 3. The van der Waals surface area contributed by atoms with E-state index in [-0.39, 0.29) is 30.3 Å². The predicted molar refractivity (Wildman–Crippen MR) is 125 cm³/mol. The van der Waals surface area contributed by atoms with Crippen LogP contribution in [-0.2, 0) is 16.1 Å². The maximum Gasteiger partial charge on any atom is 0.246 e. The number of carbonyl (C=O) groups is 2. The fourth-order valence-corrected chi connectivity index (χ4v) is 3.98. The normalized spacial score (nSPS) is 12.2. The SMILES string of the molecule is CCC(CC)C(=O)NC(C)c1nc2ccccc2n1CC(=O)N(CC)c1ccccc1. The van der Waals surface area contributed by atoms with Crippen LogP contribution in [-0.4, -0.2) is 27.9 Å². The molecule has 2 aromatic carbocycles. The topological polar surface area (TPSA) is 67.2 Å². The van der Waals surface area contributed by atoms with Crippen molar-refractivity contribution >= 4 is 28.5 Å². The summed E-state index contributed by atoms with van der Waals surface area (Å²) in [7, 11) is 0. The Labute approximate surface area is 184 Å². The first-order chi connectivity index (χ1) is 15.0. The zero-order valence-electron chi connectivity index (χ0n) is 18.8. The zero-order chi connectivity index (χ0) is 22.4. The van der Waals surface area contributed by atoms with Crippen LogP contribution in [0.2, 0.25) is 0 Å². The van der Waals surface area contributed by atoms with Crippen LogP contribution in [0.25, 0.3) is 11.0 Å². The molecule has 0 aliphatic carbocycles. The van der Waals surface area contributed by atoms with Crippen molar-refractivity contribution in [1.82, 2.24) is 14.9 Å². The van der Waals surface area contributed by atoms with Gasteiger partial charge in [-0.2, -0.15) is 0 Å². The number of nitrogens with one attached hydrogen (secondary N) is 1. The second-order valence-electron chi connectivity index (χ2n) is 7.76. The molecule has 2 amide bonds. The average molecular weight is 421 g/mol. The highest BCUT2D eigenvalue weighted by Gasteiger charge is 2.24. The van der Waals surface area contributed by atoms with Gasteiger partial charge >= 0.3 is 0 Å². The van der Waals surface area contributed by atoms with E-state index in [2.05, 4.69) is 5.32 Å². The molecule has 0 bridgehead atoms. The smallest absolute Gasteiger partial charge is 0.246 e. The van der Waals surface area contributed by atoms with Crippen LogP contribution in [0.15, 0.2) is 54.6 Å². The monoisotopic (exact) mass is 420 g/mol. The summed E-state index contributed by atoms with van der Waals surface area (Å²) in [6.45, 7) is 8.67. The fraction of sp³-hybridized carbons (Fsp3) is 0.400. The first-order valence-electron chi connectivity index (χ1n) is 11.1. The number of anilines is 1. The lowest BCUT2D eigenvalue weighted by molar-refractivity contribution is -0.125. The number of hydrogen-bond donors (Lipinski definition) is 1. The Hall–Kier alpha value is -3.15. The summed E-state index contributed by atoms with van der Waals surface area (Å²) >= 11 is 0. The molecule has 6 heteroatoms. The summed E-state index contributed by atoms with van der Waals surface area (Å²) in [6, 6.07) is 17.1. The highest BCUT2D eigenvalue weighted by atomic mass is 16.2. The molecule has 3 rings (SSSR count). The minimum atomic E-state index is -0.305. The molecule has 3 aromatic rings. The van der Waals surface area contributed by atoms with E-state index in [1.807, 2.05) is 86.9 Å². The first kappa shape index (κ1) is 22.5. The van der Waals surface area contributed by atoms with Gasteiger partial charge < -0.3 is 14.8 Å². The molecule has 0 saturated heterocycles. The molecular formula is C25H32N4O2. The third kappa shape index (κ3) is 4.95. The molecule has 6 nitrogen and oxygen atoms in total. The number of nitrogens with zero attached hydrogens (tertiary/aromatic N) is 3. The van der Waals surface area contributed by atoms with Gasteiger partial charge in [0.15, 0.2) is 0 Å². The van der Waals surface area contributed by atoms with Gasteiger partial charge in [-0.15, -0.1) is 0 Å². The number of imidazole rings is 1. The highest BCUT2D eigenvalue weighted by Crippen LogP contribution is 2.23. The van der Waals surface area contributed by atoms with E-state index in [1.54, 1.807) is 4.90 Å². The van der Waals surface area contributed by atoms with Crippen molar-refractivity contribution in [2.45, 2.75) is 53.1 Å². The quantitative estimate of drug-likeness (QED) is 0.545.